The Bertz CT molecular complexity index is 810. The number of hydrogen-bond donors (Lipinski definition) is 2. The lowest BCUT2D eigenvalue weighted by atomic mass is 10.3. The van der Waals surface area contributed by atoms with E-state index in [0.29, 0.717) is 5.02 Å². The van der Waals surface area contributed by atoms with E-state index in [4.69, 9.17) is 11.6 Å². The Balaban J connectivity index is 2.06. The highest BCUT2D eigenvalue weighted by atomic mass is 35.5. The first-order valence-corrected chi connectivity index (χ1v) is 8.48. The molecule has 1 atom stereocenters. The molecule has 0 saturated carbocycles. The van der Waals surface area contributed by atoms with Gasteiger partial charge in [-0.3, -0.25) is 4.79 Å². The fraction of sp³-hybridized carbons (Fsp3) is 0.133. The molecule has 8 heteroatoms. The lowest BCUT2D eigenvalue weighted by Gasteiger charge is -2.14. The Kier molecular flexibility index (Phi) is 5.35. The zero-order valence-electron chi connectivity index (χ0n) is 12.1. The summed E-state index contributed by atoms with van der Waals surface area (Å²) in [5.41, 5.74) is 0.243. The van der Waals surface area contributed by atoms with E-state index < -0.39 is 27.8 Å². The van der Waals surface area contributed by atoms with Crippen molar-refractivity contribution in [1.82, 2.24) is 4.72 Å². The van der Waals surface area contributed by atoms with Crippen molar-refractivity contribution >= 4 is 33.2 Å². The number of carbonyl (C=O) groups excluding carboxylic acids is 1. The van der Waals surface area contributed by atoms with E-state index in [0.717, 1.165) is 6.07 Å². The summed E-state index contributed by atoms with van der Waals surface area (Å²) in [6, 6.07) is 9.82. The third kappa shape index (κ3) is 4.75. The SMILES string of the molecule is CC(NS(=O)(=O)c1ccc(Cl)cc1)C(=O)Nc1cccc(F)c1. The van der Waals surface area contributed by atoms with Gasteiger partial charge in [-0.05, 0) is 49.4 Å². The van der Waals surface area contributed by atoms with Crippen LogP contribution in [0.5, 0.6) is 0 Å². The van der Waals surface area contributed by atoms with Crippen LogP contribution in [0.15, 0.2) is 53.4 Å². The van der Waals surface area contributed by atoms with Gasteiger partial charge in [0.1, 0.15) is 5.82 Å². The quantitative estimate of drug-likeness (QED) is 0.865. The van der Waals surface area contributed by atoms with Gasteiger partial charge in [-0.25, -0.2) is 12.8 Å². The zero-order valence-corrected chi connectivity index (χ0v) is 13.7. The van der Waals surface area contributed by atoms with Crippen LogP contribution in [0.25, 0.3) is 0 Å². The van der Waals surface area contributed by atoms with E-state index >= 15 is 0 Å². The minimum absolute atomic E-state index is 0.00712. The Morgan fingerprint density at radius 3 is 2.43 bits per heavy atom. The van der Waals surface area contributed by atoms with Crippen LogP contribution in [0, 0.1) is 5.82 Å². The molecule has 0 aromatic heterocycles. The third-order valence-corrected chi connectivity index (χ3v) is 4.75. The number of carbonyl (C=O) groups is 1. The Morgan fingerprint density at radius 1 is 1.17 bits per heavy atom. The lowest BCUT2D eigenvalue weighted by molar-refractivity contribution is -0.117. The highest BCUT2D eigenvalue weighted by Crippen LogP contribution is 2.15. The van der Waals surface area contributed by atoms with Crippen molar-refractivity contribution in [3.8, 4) is 0 Å². The molecule has 0 heterocycles. The second kappa shape index (κ2) is 7.08. The number of sulfonamides is 1. The fourth-order valence-corrected chi connectivity index (χ4v) is 3.11. The molecular weight excluding hydrogens is 343 g/mol. The molecule has 1 unspecified atom stereocenters. The minimum atomic E-state index is -3.87. The molecule has 0 aliphatic heterocycles. The number of benzene rings is 2. The van der Waals surface area contributed by atoms with Crippen molar-refractivity contribution < 1.29 is 17.6 Å². The van der Waals surface area contributed by atoms with Gasteiger partial charge in [-0.1, -0.05) is 17.7 Å². The second-order valence-corrected chi connectivity index (χ2v) is 6.95. The van der Waals surface area contributed by atoms with Gasteiger partial charge in [0, 0.05) is 10.7 Å². The molecule has 0 bridgehead atoms. The maximum atomic E-state index is 13.1. The second-order valence-electron chi connectivity index (χ2n) is 4.80. The van der Waals surface area contributed by atoms with E-state index in [1.807, 2.05) is 0 Å². The maximum Gasteiger partial charge on any atom is 0.242 e. The molecule has 0 fully saturated rings. The fourth-order valence-electron chi connectivity index (χ4n) is 1.78. The van der Waals surface area contributed by atoms with Crippen LogP contribution in [0.1, 0.15) is 6.92 Å². The molecule has 1 amide bonds. The average molecular weight is 357 g/mol. The molecular formula is C15H14ClFN2O3S. The average Bonchev–Trinajstić information content (AvgIpc) is 2.47. The first-order valence-electron chi connectivity index (χ1n) is 6.62. The van der Waals surface area contributed by atoms with Gasteiger partial charge in [-0.15, -0.1) is 0 Å². The van der Waals surface area contributed by atoms with Crippen molar-refractivity contribution in [1.29, 1.82) is 0 Å². The van der Waals surface area contributed by atoms with Crippen LogP contribution in [0.2, 0.25) is 5.02 Å². The first kappa shape index (κ1) is 17.4. The Hall–Kier alpha value is -1.96. The predicted octanol–water partition coefficient (Wildman–Crippen LogP) is 2.78. The molecule has 0 radical (unpaired) electrons. The van der Waals surface area contributed by atoms with Crippen LogP contribution in [0.4, 0.5) is 10.1 Å². The topological polar surface area (TPSA) is 75.3 Å². The molecule has 2 rings (SSSR count). The molecule has 2 aromatic carbocycles. The molecule has 122 valence electrons. The van der Waals surface area contributed by atoms with Crippen molar-refractivity contribution in [2.24, 2.45) is 0 Å². The van der Waals surface area contributed by atoms with E-state index in [1.54, 1.807) is 0 Å². The van der Waals surface area contributed by atoms with Crippen LogP contribution >= 0.6 is 11.6 Å². The minimum Gasteiger partial charge on any atom is -0.325 e. The van der Waals surface area contributed by atoms with E-state index in [1.165, 1.54) is 49.4 Å². The Labute approximate surface area is 138 Å². The molecule has 0 aliphatic rings. The van der Waals surface area contributed by atoms with Gasteiger partial charge < -0.3 is 5.32 Å². The van der Waals surface area contributed by atoms with Gasteiger partial charge >= 0.3 is 0 Å². The van der Waals surface area contributed by atoms with Crippen molar-refractivity contribution in [3.63, 3.8) is 0 Å². The highest BCUT2D eigenvalue weighted by molar-refractivity contribution is 7.89. The monoisotopic (exact) mass is 356 g/mol. The lowest BCUT2D eigenvalue weighted by Crippen LogP contribution is -2.41. The van der Waals surface area contributed by atoms with Crippen LogP contribution < -0.4 is 10.0 Å². The highest BCUT2D eigenvalue weighted by Gasteiger charge is 2.22. The smallest absolute Gasteiger partial charge is 0.242 e. The predicted molar refractivity (Wildman–Crippen MR) is 86.3 cm³/mol. The number of anilines is 1. The summed E-state index contributed by atoms with van der Waals surface area (Å²) in [7, 11) is -3.87. The number of halogens is 2. The van der Waals surface area contributed by atoms with Gasteiger partial charge in [0.25, 0.3) is 0 Å². The van der Waals surface area contributed by atoms with Gasteiger partial charge in [0.2, 0.25) is 15.9 Å². The van der Waals surface area contributed by atoms with Crippen LogP contribution in [0.3, 0.4) is 0 Å². The van der Waals surface area contributed by atoms with Gasteiger partial charge in [0.15, 0.2) is 0 Å². The maximum absolute atomic E-state index is 13.1. The van der Waals surface area contributed by atoms with E-state index in [-0.39, 0.29) is 10.6 Å². The summed E-state index contributed by atoms with van der Waals surface area (Å²) in [5, 5.41) is 2.84. The summed E-state index contributed by atoms with van der Waals surface area (Å²) >= 11 is 5.71. The zero-order chi connectivity index (χ0) is 17.0. The molecule has 0 spiro atoms. The number of rotatable bonds is 5. The molecule has 23 heavy (non-hydrogen) atoms. The van der Waals surface area contributed by atoms with Crippen molar-refractivity contribution in [3.05, 3.63) is 59.4 Å². The van der Waals surface area contributed by atoms with Crippen molar-refractivity contribution in [2.75, 3.05) is 5.32 Å². The Morgan fingerprint density at radius 2 is 1.83 bits per heavy atom. The summed E-state index contributed by atoms with van der Waals surface area (Å²) in [5.74, 6) is -1.11. The third-order valence-electron chi connectivity index (χ3n) is 2.94. The summed E-state index contributed by atoms with van der Waals surface area (Å²) in [6.45, 7) is 1.39. The molecule has 2 N–H and O–H groups in total. The number of amides is 1. The molecule has 2 aromatic rings. The molecule has 0 aliphatic carbocycles. The van der Waals surface area contributed by atoms with Crippen LogP contribution in [-0.2, 0) is 14.8 Å². The number of nitrogens with one attached hydrogen (secondary N) is 2. The van der Waals surface area contributed by atoms with E-state index in [9.17, 15) is 17.6 Å². The van der Waals surface area contributed by atoms with E-state index in [2.05, 4.69) is 10.0 Å². The summed E-state index contributed by atoms with van der Waals surface area (Å²) < 4.78 is 39.7. The first-order chi connectivity index (χ1) is 10.8. The standard InChI is InChI=1S/C15H14ClFN2O3S/c1-10(15(20)18-13-4-2-3-12(17)9-13)19-23(21,22)14-7-5-11(16)6-8-14/h2-10,19H,1H3,(H,18,20). The largest absolute Gasteiger partial charge is 0.325 e. The summed E-state index contributed by atoms with van der Waals surface area (Å²) in [6.07, 6.45) is 0. The molecule has 0 saturated heterocycles. The van der Waals surface area contributed by atoms with Gasteiger partial charge in [0.05, 0.1) is 10.9 Å². The molecule has 5 nitrogen and oxygen atoms in total. The normalized spacial score (nSPS) is 12.7. The van der Waals surface area contributed by atoms with Gasteiger partial charge in [-0.2, -0.15) is 4.72 Å². The van der Waals surface area contributed by atoms with Crippen LogP contribution in [-0.4, -0.2) is 20.4 Å². The van der Waals surface area contributed by atoms with Crippen molar-refractivity contribution in [2.45, 2.75) is 17.9 Å². The summed E-state index contributed by atoms with van der Waals surface area (Å²) in [4.78, 5) is 12.0. The number of hydrogen-bond acceptors (Lipinski definition) is 3.